The Kier molecular flexibility index (Phi) is 4.27. The number of aliphatic hydroxyl groups excluding tert-OH is 1. The maximum Gasteiger partial charge on any atom is 0.279 e. The topological polar surface area (TPSA) is 97.9 Å². The van der Waals surface area contributed by atoms with Crippen molar-refractivity contribution in [3.05, 3.63) is 22.4 Å². The second kappa shape index (κ2) is 6.17. The van der Waals surface area contributed by atoms with Gasteiger partial charge in [-0.25, -0.2) is 4.98 Å². The molecule has 0 bridgehead atoms. The van der Waals surface area contributed by atoms with Gasteiger partial charge >= 0.3 is 0 Å². The van der Waals surface area contributed by atoms with E-state index in [1.807, 2.05) is 0 Å². The van der Waals surface area contributed by atoms with Crippen LogP contribution in [0.25, 0.3) is 11.0 Å². The zero-order chi connectivity index (χ0) is 14.8. The number of nitrogens with one attached hydrogen (secondary N) is 2. The molecular weight excluding hydrogens is 290 g/mol. The Hall–Kier alpha value is -1.38. The Morgan fingerprint density at radius 3 is 3.14 bits per heavy atom. The standard InChI is InChI=1S/C13H19N5O2S/c1-21-6-8-4-18(5-10(8)19)3-2-9-11-12(17-16-9)13(20)15-7-14-11/h7-8,10,19H,2-6H2,1H3,(H,16,17)(H,14,15,20)/t8-,10-/m0/s1. The molecule has 1 aliphatic heterocycles. The van der Waals surface area contributed by atoms with Gasteiger partial charge in [0.1, 0.15) is 5.52 Å². The van der Waals surface area contributed by atoms with Gasteiger partial charge in [-0.2, -0.15) is 16.9 Å². The molecule has 2 aromatic rings. The lowest BCUT2D eigenvalue weighted by Crippen LogP contribution is -2.24. The van der Waals surface area contributed by atoms with E-state index in [4.69, 9.17) is 0 Å². The van der Waals surface area contributed by atoms with Crippen molar-refractivity contribution in [3.8, 4) is 0 Å². The fraction of sp³-hybridized carbons (Fsp3) is 0.615. The molecule has 3 rings (SSSR count). The lowest BCUT2D eigenvalue weighted by Gasteiger charge is -2.14. The van der Waals surface area contributed by atoms with E-state index in [2.05, 4.69) is 31.3 Å². The summed E-state index contributed by atoms with van der Waals surface area (Å²) < 4.78 is 0. The van der Waals surface area contributed by atoms with Crippen LogP contribution in [-0.4, -0.2) is 67.9 Å². The predicted octanol–water partition coefficient (Wildman–Crippen LogP) is -0.156. The van der Waals surface area contributed by atoms with Gasteiger partial charge in [0.15, 0.2) is 5.52 Å². The van der Waals surface area contributed by atoms with Crippen molar-refractivity contribution in [2.24, 2.45) is 5.92 Å². The minimum Gasteiger partial charge on any atom is -0.391 e. The average Bonchev–Trinajstić information content (AvgIpc) is 3.03. The number of likely N-dealkylation sites (tertiary alicyclic amines) is 1. The fourth-order valence-corrected chi connectivity index (χ4v) is 3.60. The third-order valence-corrected chi connectivity index (χ3v) is 4.72. The SMILES string of the molecule is CSC[C@@H]1CN(CCc2[nH]nc3c(=O)[nH]cnc23)C[C@@H]1O. The Labute approximate surface area is 126 Å². The molecule has 0 unspecified atom stereocenters. The molecule has 0 aliphatic carbocycles. The third-order valence-electron chi connectivity index (χ3n) is 3.96. The Morgan fingerprint density at radius 2 is 2.33 bits per heavy atom. The molecule has 7 nitrogen and oxygen atoms in total. The van der Waals surface area contributed by atoms with Gasteiger partial charge in [-0.1, -0.05) is 0 Å². The number of aromatic amines is 2. The molecule has 1 aliphatic rings. The van der Waals surface area contributed by atoms with Gasteiger partial charge in [-0.3, -0.25) is 14.8 Å². The average molecular weight is 309 g/mol. The smallest absolute Gasteiger partial charge is 0.279 e. The summed E-state index contributed by atoms with van der Waals surface area (Å²) in [6.45, 7) is 2.46. The number of rotatable bonds is 5. The number of aliphatic hydroxyl groups is 1. The van der Waals surface area contributed by atoms with Crippen LogP contribution in [0.3, 0.4) is 0 Å². The molecule has 3 heterocycles. The summed E-state index contributed by atoms with van der Waals surface area (Å²) in [4.78, 5) is 20.5. The third kappa shape index (κ3) is 2.97. The quantitative estimate of drug-likeness (QED) is 0.710. The van der Waals surface area contributed by atoms with Crippen molar-refractivity contribution in [2.75, 3.05) is 31.6 Å². The molecule has 1 fully saturated rings. The zero-order valence-corrected chi connectivity index (χ0v) is 12.7. The van der Waals surface area contributed by atoms with Gasteiger partial charge in [-0.15, -0.1) is 0 Å². The van der Waals surface area contributed by atoms with Crippen molar-refractivity contribution in [1.82, 2.24) is 25.1 Å². The number of fused-ring (bicyclic) bond motifs is 1. The molecule has 0 radical (unpaired) electrons. The molecule has 3 N–H and O–H groups in total. The van der Waals surface area contributed by atoms with Crippen LogP contribution >= 0.6 is 11.8 Å². The largest absolute Gasteiger partial charge is 0.391 e. The molecule has 21 heavy (non-hydrogen) atoms. The lowest BCUT2D eigenvalue weighted by atomic mass is 10.1. The summed E-state index contributed by atoms with van der Waals surface area (Å²) in [6.07, 6.45) is 3.97. The van der Waals surface area contributed by atoms with Crippen LogP contribution in [0.1, 0.15) is 5.69 Å². The highest BCUT2D eigenvalue weighted by Gasteiger charge is 2.30. The Bertz CT molecular complexity index is 670. The highest BCUT2D eigenvalue weighted by molar-refractivity contribution is 7.98. The number of aromatic nitrogens is 4. The number of hydrogen-bond donors (Lipinski definition) is 3. The van der Waals surface area contributed by atoms with E-state index in [0.29, 0.717) is 23.5 Å². The maximum absolute atomic E-state index is 11.6. The van der Waals surface area contributed by atoms with Crippen LogP contribution < -0.4 is 5.56 Å². The van der Waals surface area contributed by atoms with Crippen molar-refractivity contribution < 1.29 is 5.11 Å². The summed E-state index contributed by atoms with van der Waals surface area (Å²) in [5.41, 5.74) is 1.64. The van der Waals surface area contributed by atoms with Gasteiger partial charge < -0.3 is 10.1 Å². The zero-order valence-electron chi connectivity index (χ0n) is 11.9. The van der Waals surface area contributed by atoms with Gasteiger partial charge in [0.05, 0.1) is 18.1 Å². The number of H-pyrrole nitrogens is 2. The number of nitrogens with zero attached hydrogens (tertiary/aromatic N) is 3. The highest BCUT2D eigenvalue weighted by Crippen LogP contribution is 2.21. The van der Waals surface area contributed by atoms with E-state index in [1.54, 1.807) is 11.8 Å². The van der Waals surface area contributed by atoms with E-state index in [-0.39, 0.29) is 11.7 Å². The minimum absolute atomic E-state index is 0.223. The molecule has 0 aromatic carbocycles. The number of thioether (sulfide) groups is 1. The summed E-state index contributed by atoms with van der Waals surface area (Å²) >= 11 is 1.77. The Balaban J connectivity index is 1.65. The first-order valence-corrected chi connectivity index (χ1v) is 8.38. The van der Waals surface area contributed by atoms with Crippen LogP contribution in [0.5, 0.6) is 0 Å². The predicted molar refractivity (Wildman–Crippen MR) is 82.5 cm³/mol. The molecular formula is C13H19N5O2S. The number of hydrogen-bond acceptors (Lipinski definition) is 6. The van der Waals surface area contributed by atoms with E-state index in [9.17, 15) is 9.90 Å². The molecule has 2 aromatic heterocycles. The number of β-amino-alcohol motifs (C(OH)–C–C–N with tert-alkyl or cyclic N) is 1. The molecule has 114 valence electrons. The monoisotopic (exact) mass is 309 g/mol. The molecule has 1 saturated heterocycles. The van der Waals surface area contributed by atoms with E-state index in [1.165, 1.54) is 6.33 Å². The molecule has 0 amide bonds. The minimum atomic E-state index is -0.239. The van der Waals surface area contributed by atoms with Crippen molar-refractivity contribution in [3.63, 3.8) is 0 Å². The van der Waals surface area contributed by atoms with Gasteiger partial charge in [-0.05, 0) is 12.0 Å². The first kappa shape index (κ1) is 14.6. The van der Waals surface area contributed by atoms with Gasteiger partial charge in [0.25, 0.3) is 5.56 Å². The summed E-state index contributed by atoms with van der Waals surface area (Å²) in [5.74, 6) is 1.33. The molecule has 0 saturated carbocycles. The van der Waals surface area contributed by atoms with Crippen LogP contribution in [-0.2, 0) is 6.42 Å². The van der Waals surface area contributed by atoms with Crippen molar-refractivity contribution in [1.29, 1.82) is 0 Å². The van der Waals surface area contributed by atoms with Gasteiger partial charge in [0, 0.05) is 32.0 Å². The second-order valence-electron chi connectivity index (χ2n) is 5.42. The summed E-state index contributed by atoms with van der Waals surface area (Å²) in [7, 11) is 0. The van der Waals surface area contributed by atoms with Crippen LogP contribution in [0, 0.1) is 5.92 Å². The Morgan fingerprint density at radius 1 is 1.48 bits per heavy atom. The first-order chi connectivity index (χ1) is 10.2. The second-order valence-corrected chi connectivity index (χ2v) is 6.33. The van der Waals surface area contributed by atoms with E-state index < -0.39 is 0 Å². The molecule has 0 spiro atoms. The summed E-state index contributed by atoms with van der Waals surface area (Å²) in [5, 5.41) is 16.9. The molecule has 2 atom stereocenters. The van der Waals surface area contributed by atoms with Crippen LogP contribution in [0.2, 0.25) is 0 Å². The maximum atomic E-state index is 11.6. The van der Waals surface area contributed by atoms with Crippen LogP contribution in [0.15, 0.2) is 11.1 Å². The van der Waals surface area contributed by atoms with Crippen molar-refractivity contribution in [2.45, 2.75) is 12.5 Å². The fourth-order valence-electron chi connectivity index (χ4n) is 2.84. The normalized spacial score (nSPS) is 23.1. The molecule has 8 heteroatoms. The van der Waals surface area contributed by atoms with Crippen molar-refractivity contribution >= 4 is 22.8 Å². The first-order valence-electron chi connectivity index (χ1n) is 6.99. The summed E-state index contributed by atoms with van der Waals surface area (Å²) in [6, 6.07) is 0. The highest BCUT2D eigenvalue weighted by atomic mass is 32.2. The van der Waals surface area contributed by atoms with E-state index in [0.717, 1.165) is 31.0 Å². The van der Waals surface area contributed by atoms with Gasteiger partial charge in [0.2, 0.25) is 0 Å². The lowest BCUT2D eigenvalue weighted by molar-refractivity contribution is 0.150. The van der Waals surface area contributed by atoms with Crippen LogP contribution in [0.4, 0.5) is 0 Å². The van der Waals surface area contributed by atoms with E-state index >= 15 is 0 Å².